The summed E-state index contributed by atoms with van der Waals surface area (Å²) in [5.41, 5.74) is 0.690. The summed E-state index contributed by atoms with van der Waals surface area (Å²) in [6.07, 6.45) is 3.56. The SMILES string of the molecule is CC1CCCCN1Cc1cc(=O)oc2cc(O)c(O)cc12. The Balaban J connectivity index is 2.04. The van der Waals surface area contributed by atoms with Crippen LogP contribution < -0.4 is 5.63 Å². The molecule has 2 N–H and O–H groups in total. The number of aromatic hydroxyl groups is 2. The highest BCUT2D eigenvalue weighted by atomic mass is 16.4. The van der Waals surface area contributed by atoms with Crippen molar-refractivity contribution in [1.29, 1.82) is 0 Å². The van der Waals surface area contributed by atoms with Crippen molar-refractivity contribution in [3.05, 3.63) is 34.2 Å². The molecular formula is C16H19NO4. The minimum atomic E-state index is -0.438. The predicted octanol–water partition coefficient (Wildman–Crippen LogP) is 2.58. The van der Waals surface area contributed by atoms with Gasteiger partial charge in [-0.15, -0.1) is 0 Å². The number of fused-ring (bicyclic) bond motifs is 1. The van der Waals surface area contributed by atoms with E-state index in [2.05, 4.69) is 11.8 Å². The van der Waals surface area contributed by atoms with Crippen LogP contribution in [-0.2, 0) is 6.54 Å². The lowest BCUT2D eigenvalue weighted by molar-refractivity contribution is 0.153. The molecule has 1 saturated heterocycles. The Morgan fingerprint density at radius 3 is 2.76 bits per heavy atom. The monoisotopic (exact) mass is 289 g/mol. The zero-order valence-electron chi connectivity index (χ0n) is 12.0. The van der Waals surface area contributed by atoms with Crippen molar-refractivity contribution in [2.24, 2.45) is 0 Å². The third kappa shape index (κ3) is 2.74. The molecule has 0 aliphatic carbocycles. The van der Waals surface area contributed by atoms with Gasteiger partial charge in [-0.3, -0.25) is 4.90 Å². The second-order valence-electron chi connectivity index (χ2n) is 5.74. The van der Waals surface area contributed by atoms with E-state index in [0.29, 0.717) is 23.6 Å². The van der Waals surface area contributed by atoms with Crippen LogP contribution in [0.1, 0.15) is 31.7 Å². The molecule has 1 aromatic heterocycles. The van der Waals surface area contributed by atoms with Gasteiger partial charge in [0.15, 0.2) is 11.5 Å². The summed E-state index contributed by atoms with van der Waals surface area (Å²) in [6.45, 7) is 3.84. The highest BCUT2D eigenvalue weighted by Gasteiger charge is 2.20. The van der Waals surface area contributed by atoms with E-state index in [-0.39, 0.29) is 11.5 Å². The molecule has 1 unspecified atom stereocenters. The molecule has 0 saturated carbocycles. The summed E-state index contributed by atoms with van der Waals surface area (Å²) < 4.78 is 5.11. The molecular weight excluding hydrogens is 270 g/mol. The van der Waals surface area contributed by atoms with Crippen molar-refractivity contribution in [2.45, 2.75) is 38.8 Å². The summed E-state index contributed by atoms with van der Waals surface area (Å²) in [5.74, 6) is -0.488. The number of hydrogen-bond donors (Lipinski definition) is 2. The van der Waals surface area contributed by atoms with E-state index < -0.39 is 5.63 Å². The Morgan fingerprint density at radius 1 is 1.24 bits per heavy atom. The fourth-order valence-electron chi connectivity index (χ4n) is 2.99. The Hall–Kier alpha value is -2.01. The van der Waals surface area contributed by atoms with Crippen LogP contribution in [0, 0.1) is 0 Å². The molecule has 1 aliphatic heterocycles. The van der Waals surface area contributed by atoms with Crippen molar-refractivity contribution in [1.82, 2.24) is 4.90 Å². The van der Waals surface area contributed by atoms with Crippen LogP contribution >= 0.6 is 0 Å². The molecule has 0 amide bonds. The third-order valence-corrected chi connectivity index (χ3v) is 4.24. The first-order chi connectivity index (χ1) is 10.0. The summed E-state index contributed by atoms with van der Waals surface area (Å²) in [5, 5.41) is 19.9. The number of piperidine rings is 1. The van der Waals surface area contributed by atoms with Gasteiger partial charge in [0.05, 0.1) is 0 Å². The van der Waals surface area contributed by atoms with E-state index in [0.717, 1.165) is 24.9 Å². The Labute approximate surface area is 122 Å². The molecule has 1 atom stereocenters. The number of rotatable bonds is 2. The standard InChI is InChI=1S/C16H19NO4/c1-10-4-2-3-5-17(10)9-11-6-16(20)21-15-8-14(19)13(18)7-12(11)15/h6-8,10,18-19H,2-5,9H2,1H3. The number of likely N-dealkylation sites (tertiary alicyclic amines) is 1. The molecule has 0 spiro atoms. The van der Waals surface area contributed by atoms with Crippen LogP contribution in [0.5, 0.6) is 11.5 Å². The third-order valence-electron chi connectivity index (χ3n) is 4.24. The maximum absolute atomic E-state index is 11.7. The normalized spacial score (nSPS) is 20.0. The molecule has 5 nitrogen and oxygen atoms in total. The van der Waals surface area contributed by atoms with Gasteiger partial charge in [0, 0.05) is 30.1 Å². The van der Waals surface area contributed by atoms with E-state index in [9.17, 15) is 15.0 Å². The van der Waals surface area contributed by atoms with Crippen molar-refractivity contribution in [2.75, 3.05) is 6.54 Å². The van der Waals surface area contributed by atoms with Crippen molar-refractivity contribution in [3.63, 3.8) is 0 Å². The Bertz CT molecular complexity index is 722. The Morgan fingerprint density at radius 2 is 2.00 bits per heavy atom. The molecule has 21 heavy (non-hydrogen) atoms. The van der Waals surface area contributed by atoms with Gasteiger partial charge in [0.25, 0.3) is 0 Å². The van der Waals surface area contributed by atoms with Gasteiger partial charge in [0.1, 0.15) is 5.58 Å². The van der Waals surface area contributed by atoms with Crippen molar-refractivity contribution < 1.29 is 14.6 Å². The van der Waals surface area contributed by atoms with Gasteiger partial charge in [-0.1, -0.05) is 6.42 Å². The molecule has 2 heterocycles. The molecule has 1 aliphatic rings. The molecule has 5 heteroatoms. The highest BCUT2D eigenvalue weighted by Crippen LogP contribution is 2.32. The lowest BCUT2D eigenvalue weighted by atomic mass is 10.0. The van der Waals surface area contributed by atoms with Crippen LogP contribution in [0.4, 0.5) is 0 Å². The molecule has 3 rings (SSSR count). The largest absolute Gasteiger partial charge is 0.504 e. The van der Waals surface area contributed by atoms with Crippen LogP contribution in [0.25, 0.3) is 11.0 Å². The van der Waals surface area contributed by atoms with Crippen LogP contribution in [0.2, 0.25) is 0 Å². The second-order valence-corrected chi connectivity index (χ2v) is 5.74. The zero-order valence-corrected chi connectivity index (χ0v) is 12.0. The van der Waals surface area contributed by atoms with Crippen molar-refractivity contribution in [3.8, 4) is 11.5 Å². The number of phenolic OH excluding ortho intramolecular Hbond substituents is 2. The van der Waals surface area contributed by atoms with E-state index in [1.807, 2.05) is 0 Å². The molecule has 2 aromatic rings. The van der Waals surface area contributed by atoms with Gasteiger partial charge < -0.3 is 14.6 Å². The van der Waals surface area contributed by atoms with E-state index in [4.69, 9.17) is 4.42 Å². The van der Waals surface area contributed by atoms with Crippen LogP contribution in [0.15, 0.2) is 27.4 Å². The fraction of sp³-hybridized carbons (Fsp3) is 0.438. The molecule has 112 valence electrons. The lowest BCUT2D eigenvalue weighted by Gasteiger charge is -2.33. The predicted molar refractivity (Wildman–Crippen MR) is 79.5 cm³/mol. The topological polar surface area (TPSA) is 73.9 Å². The minimum Gasteiger partial charge on any atom is -0.504 e. The van der Waals surface area contributed by atoms with Gasteiger partial charge in [0.2, 0.25) is 0 Å². The minimum absolute atomic E-state index is 0.204. The average Bonchev–Trinajstić information content (AvgIpc) is 2.43. The average molecular weight is 289 g/mol. The smallest absolute Gasteiger partial charge is 0.336 e. The molecule has 1 fully saturated rings. The summed E-state index contributed by atoms with van der Waals surface area (Å²) >= 11 is 0. The first-order valence-electron chi connectivity index (χ1n) is 7.27. The van der Waals surface area contributed by atoms with Gasteiger partial charge in [-0.05, 0) is 37.9 Å². The lowest BCUT2D eigenvalue weighted by Crippen LogP contribution is -2.36. The van der Waals surface area contributed by atoms with E-state index in [1.165, 1.54) is 24.6 Å². The first kappa shape index (κ1) is 13.9. The zero-order chi connectivity index (χ0) is 15.0. The highest BCUT2D eigenvalue weighted by molar-refractivity contribution is 5.83. The van der Waals surface area contributed by atoms with Crippen LogP contribution in [0.3, 0.4) is 0 Å². The first-order valence-corrected chi connectivity index (χ1v) is 7.27. The summed E-state index contributed by atoms with van der Waals surface area (Å²) in [6, 6.07) is 4.69. The number of benzene rings is 1. The molecule has 1 aromatic carbocycles. The summed E-state index contributed by atoms with van der Waals surface area (Å²) in [7, 11) is 0. The maximum atomic E-state index is 11.7. The number of nitrogens with zero attached hydrogens (tertiary/aromatic N) is 1. The molecule has 0 radical (unpaired) electrons. The second kappa shape index (κ2) is 5.41. The maximum Gasteiger partial charge on any atom is 0.336 e. The van der Waals surface area contributed by atoms with Crippen molar-refractivity contribution >= 4 is 11.0 Å². The number of hydrogen-bond acceptors (Lipinski definition) is 5. The molecule has 0 bridgehead atoms. The quantitative estimate of drug-likeness (QED) is 0.656. The Kier molecular flexibility index (Phi) is 3.59. The summed E-state index contributed by atoms with van der Waals surface area (Å²) in [4.78, 5) is 14.0. The van der Waals surface area contributed by atoms with Crippen LogP contribution in [-0.4, -0.2) is 27.7 Å². The fourth-order valence-corrected chi connectivity index (χ4v) is 2.99. The van der Waals surface area contributed by atoms with Gasteiger partial charge in [-0.2, -0.15) is 0 Å². The van der Waals surface area contributed by atoms with E-state index >= 15 is 0 Å². The van der Waals surface area contributed by atoms with Gasteiger partial charge in [-0.25, -0.2) is 4.79 Å². The van der Waals surface area contributed by atoms with E-state index in [1.54, 1.807) is 0 Å². The number of phenols is 2. The van der Waals surface area contributed by atoms with Gasteiger partial charge >= 0.3 is 5.63 Å².